The van der Waals surface area contributed by atoms with Gasteiger partial charge in [-0.15, -0.1) is 0 Å². The van der Waals surface area contributed by atoms with E-state index in [1.54, 1.807) is 59.3 Å². The number of hydrogen-bond acceptors (Lipinski definition) is 5. The molecule has 4 rings (SSSR count). The van der Waals surface area contributed by atoms with Gasteiger partial charge in [0.2, 0.25) is 5.88 Å². The molecule has 2 aromatic heterocycles. The van der Waals surface area contributed by atoms with E-state index in [2.05, 4.69) is 25.7 Å². The average Bonchev–Trinajstić information content (AvgIpc) is 3.04. The summed E-state index contributed by atoms with van der Waals surface area (Å²) in [7, 11) is 0. The van der Waals surface area contributed by atoms with Gasteiger partial charge in [-0.25, -0.2) is 19.4 Å². The van der Waals surface area contributed by atoms with E-state index >= 15 is 0 Å². The summed E-state index contributed by atoms with van der Waals surface area (Å²) >= 11 is 6.06. The largest absolute Gasteiger partial charge is 0.439 e. The molecule has 162 valence electrons. The second-order valence-electron chi connectivity index (χ2n) is 7.11. The molecule has 8 nitrogen and oxygen atoms in total. The van der Waals surface area contributed by atoms with Crippen LogP contribution in [0.5, 0.6) is 11.6 Å². The quantitative estimate of drug-likeness (QED) is 0.409. The lowest BCUT2D eigenvalue weighted by Gasteiger charge is -2.10. The highest BCUT2D eigenvalue weighted by atomic mass is 35.5. The van der Waals surface area contributed by atoms with Crippen LogP contribution in [-0.4, -0.2) is 25.8 Å². The van der Waals surface area contributed by atoms with Gasteiger partial charge in [0, 0.05) is 17.4 Å². The molecule has 4 aromatic rings. The molecular formula is C23H21ClN6O2. The number of halogens is 1. The molecule has 32 heavy (non-hydrogen) atoms. The van der Waals surface area contributed by atoms with Crippen LogP contribution in [0.25, 0.3) is 5.82 Å². The summed E-state index contributed by atoms with van der Waals surface area (Å²) < 4.78 is 7.62. The lowest BCUT2D eigenvalue weighted by molar-refractivity contribution is 0.262. The molecule has 0 saturated heterocycles. The lowest BCUT2D eigenvalue weighted by atomic mass is 10.2. The zero-order chi connectivity index (χ0) is 22.7. The molecule has 2 N–H and O–H groups in total. The molecule has 0 radical (unpaired) electrons. The fourth-order valence-electron chi connectivity index (χ4n) is 3.02. The number of anilines is 2. The molecule has 2 aromatic carbocycles. The van der Waals surface area contributed by atoms with Crippen molar-refractivity contribution in [2.24, 2.45) is 0 Å². The number of nitrogens with zero attached hydrogens (tertiary/aromatic N) is 4. The van der Waals surface area contributed by atoms with Crippen molar-refractivity contribution in [1.82, 2.24) is 19.7 Å². The van der Waals surface area contributed by atoms with E-state index in [9.17, 15) is 4.79 Å². The molecule has 0 aliphatic heterocycles. The van der Waals surface area contributed by atoms with Crippen LogP contribution in [0.3, 0.4) is 0 Å². The predicted molar refractivity (Wildman–Crippen MR) is 124 cm³/mol. The van der Waals surface area contributed by atoms with Gasteiger partial charge in [-0.3, -0.25) is 0 Å². The molecule has 0 saturated carbocycles. The monoisotopic (exact) mass is 448 g/mol. The van der Waals surface area contributed by atoms with Crippen LogP contribution >= 0.6 is 11.6 Å². The van der Waals surface area contributed by atoms with Gasteiger partial charge in [-0.2, -0.15) is 5.10 Å². The Morgan fingerprint density at radius 3 is 2.44 bits per heavy atom. The van der Waals surface area contributed by atoms with E-state index in [4.69, 9.17) is 16.3 Å². The average molecular weight is 449 g/mol. The maximum absolute atomic E-state index is 12.2. The zero-order valence-electron chi connectivity index (χ0n) is 17.8. The highest BCUT2D eigenvalue weighted by Crippen LogP contribution is 2.24. The van der Waals surface area contributed by atoms with Gasteiger partial charge in [-0.1, -0.05) is 23.7 Å². The Balaban J connectivity index is 1.42. The number of urea groups is 1. The third-order valence-corrected chi connectivity index (χ3v) is 5.28. The van der Waals surface area contributed by atoms with Gasteiger partial charge in [-0.05, 0) is 62.7 Å². The Morgan fingerprint density at radius 1 is 1.00 bits per heavy atom. The van der Waals surface area contributed by atoms with Crippen LogP contribution in [0, 0.1) is 20.8 Å². The van der Waals surface area contributed by atoms with Gasteiger partial charge in [0.25, 0.3) is 0 Å². The highest BCUT2D eigenvalue weighted by molar-refractivity contribution is 6.33. The summed E-state index contributed by atoms with van der Waals surface area (Å²) in [6.45, 7) is 5.98. The molecule has 0 aliphatic rings. The second-order valence-corrected chi connectivity index (χ2v) is 7.51. The minimum atomic E-state index is -0.396. The van der Waals surface area contributed by atoms with Crippen molar-refractivity contribution >= 4 is 29.0 Å². The van der Waals surface area contributed by atoms with E-state index < -0.39 is 6.03 Å². The van der Waals surface area contributed by atoms with Crippen molar-refractivity contribution in [3.8, 4) is 17.4 Å². The number of benzene rings is 2. The first kappa shape index (κ1) is 21.3. The standard InChI is InChI=1S/C23H21ClN6O2/c1-14-15(2)29-30(16(14)3)21-12-22(26-13-25-21)32-18-10-8-17(9-11-18)27-23(31)28-20-7-5-4-6-19(20)24/h4-13H,1-3H3,(H2,27,28,31). The summed E-state index contributed by atoms with van der Waals surface area (Å²) in [6, 6.07) is 15.3. The van der Waals surface area contributed by atoms with Gasteiger partial charge in [0.05, 0.1) is 16.4 Å². The van der Waals surface area contributed by atoms with Gasteiger partial charge < -0.3 is 15.4 Å². The van der Waals surface area contributed by atoms with Crippen LogP contribution in [0.4, 0.5) is 16.2 Å². The number of nitrogens with one attached hydrogen (secondary N) is 2. The van der Waals surface area contributed by atoms with Gasteiger partial charge in [0.1, 0.15) is 12.1 Å². The molecular weight excluding hydrogens is 428 g/mol. The molecule has 0 unspecified atom stereocenters. The van der Waals surface area contributed by atoms with Gasteiger partial charge >= 0.3 is 6.03 Å². The SMILES string of the molecule is Cc1nn(-c2cc(Oc3ccc(NC(=O)Nc4ccccc4Cl)cc3)ncn2)c(C)c1C. The summed E-state index contributed by atoms with van der Waals surface area (Å²) in [4.78, 5) is 20.7. The lowest BCUT2D eigenvalue weighted by Crippen LogP contribution is -2.19. The van der Waals surface area contributed by atoms with Crippen molar-refractivity contribution in [3.63, 3.8) is 0 Å². The molecule has 0 atom stereocenters. The molecule has 2 amide bonds. The molecule has 0 fully saturated rings. The number of amides is 2. The van der Waals surface area contributed by atoms with Gasteiger partial charge in [0.15, 0.2) is 5.82 Å². The first-order valence-corrected chi connectivity index (χ1v) is 10.2. The smallest absolute Gasteiger partial charge is 0.323 e. The van der Waals surface area contributed by atoms with E-state index in [1.807, 2.05) is 20.8 Å². The fourth-order valence-corrected chi connectivity index (χ4v) is 3.20. The van der Waals surface area contributed by atoms with Crippen molar-refractivity contribution < 1.29 is 9.53 Å². The second kappa shape index (κ2) is 9.07. The Kier molecular flexibility index (Phi) is 6.04. The number of carbonyl (C=O) groups excluding carboxylic acids is 1. The fraction of sp³-hybridized carbons (Fsp3) is 0.130. The van der Waals surface area contributed by atoms with Crippen molar-refractivity contribution in [2.45, 2.75) is 20.8 Å². The number of hydrogen-bond donors (Lipinski definition) is 2. The van der Waals surface area contributed by atoms with Crippen molar-refractivity contribution in [3.05, 3.63) is 82.9 Å². The third kappa shape index (κ3) is 4.70. The van der Waals surface area contributed by atoms with Crippen LogP contribution in [0.2, 0.25) is 5.02 Å². The topological polar surface area (TPSA) is 94.0 Å². The van der Waals surface area contributed by atoms with Crippen LogP contribution in [0.15, 0.2) is 60.9 Å². The maximum Gasteiger partial charge on any atom is 0.323 e. The maximum atomic E-state index is 12.2. The summed E-state index contributed by atoms with van der Waals surface area (Å²) in [5.74, 6) is 1.58. The number of carbonyl (C=O) groups is 1. The summed E-state index contributed by atoms with van der Waals surface area (Å²) in [6.07, 6.45) is 1.44. The van der Waals surface area contributed by atoms with Crippen LogP contribution < -0.4 is 15.4 Å². The number of para-hydroxylation sites is 1. The molecule has 2 heterocycles. The minimum absolute atomic E-state index is 0.386. The number of ether oxygens (including phenoxy) is 1. The van der Waals surface area contributed by atoms with E-state index in [0.29, 0.717) is 33.8 Å². The molecule has 9 heteroatoms. The molecule has 0 aliphatic carbocycles. The normalized spacial score (nSPS) is 10.6. The zero-order valence-corrected chi connectivity index (χ0v) is 18.5. The number of aromatic nitrogens is 4. The highest BCUT2D eigenvalue weighted by Gasteiger charge is 2.12. The first-order valence-electron chi connectivity index (χ1n) is 9.86. The van der Waals surface area contributed by atoms with Crippen molar-refractivity contribution in [2.75, 3.05) is 10.6 Å². The Labute approximate surface area is 190 Å². The summed E-state index contributed by atoms with van der Waals surface area (Å²) in [5.41, 5.74) is 4.21. The van der Waals surface area contributed by atoms with Crippen LogP contribution in [-0.2, 0) is 0 Å². The molecule has 0 bridgehead atoms. The number of aryl methyl sites for hydroxylation is 1. The van der Waals surface area contributed by atoms with Crippen LogP contribution in [0.1, 0.15) is 17.0 Å². The Morgan fingerprint density at radius 2 is 1.75 bits per heavy atom. The van der Waals surface area contributed by atoms with E-state index in [0.717, 1.165) is 17.0 Å². The summed E-state index contributed by atoms with van der Waals surface area (Å²) in [5, 5.41) is 10.4. The van der Waals surface area contributed by atoms with E-state index in [-0.39, 0.29) is 0 Å². The van der Waals surface area contributed by atoms with E-state index in [1.165, 1.54) is 6.33 Å². The predicted octanol–water partition coefficient (Wildman–Crippen LogP) is 5.68. The Hall–Kier alpha value is -3.91. The third-order valence-electron chi connectivity index (χ3n) is 4.95. The first-order chi connectivity index (χ1) is 15.4. The molecule has 0 spiro atoms. The minimum Gasteiger partial charge on any atom is -0.439 e. The Bertz CT molecular complexity index is 1270. The van der Waals surface area contributed by atoms with Crippen molar-refractivity contribution in [1.29, 1.82) is 0 Å². The number of rotatable bonds is 5.